The topological polar surface area (TPSA) is 20.3 Å². The average molecular weight is 180 g/mol. The summed E-state index contributed by atoms with van der Waals surface area (Å²) in [5.74, 6) is 0. The number of benzene rings is 1. The molecule has 0 N–H and O–H groups in total. The minimum atomic E-state index is -0.362. The number of nitrogens with zero attached hydrogens (tertiary/aromatic N) is 1. The highest BCUT2D eigenvalue weighted by atomic mass is 32.1. The molecule has 63 valence electrons. The number of hydrogen-bond acceptors (Lipinski definition) is 1. The van der Waals surface area contributed by atoms with E-state index in [1.807, 2.05) is 31.2 Å². The highest BCUT2D eigenvalue weighted by Gasteiger charge is 2.05. The summed E-state index contributed by atoms with van der Waals surface area (Å²) in [5, 5.41) is -0.362. The molecule has 0 aromatic heterocycles. The molecule has 0 heterocycles. The second-order valence-corrected chi connectivity index (χ2v) is 3.01. The monoisotopic (exact) mass is 180 g/mol. The van der Waals surface area contributed by atoms with Crippen molar-refractivity contribution < 1.29 is 4.79 Å². The van der Waals surface area contributed by atoms with Crippen molar-refractivity contribution in [2.45, 2.75) is 6.92 Å². The molecule has 0 unspecified atom stereocenters. The van der Waals surface area contributed by atoms with Crippen LogP contribution in [-0.4, -0.2) is 12.3 Å². The van der Waals surface area contributed by atoms with Crippen molar-refractivity contribution >= 4 is 23.6 Å². The van der Waals surface area contributed by atoms with Gasteiger partial charge < -0.3 is 4.90 Å². The highest BCUT2D eigenvalue weighted by Crippen LogP contribution is 2.14. The van der Waals surface area contributed by atoms with E-state index >= 15 is 0 Å². The standard InChI is InChI=1S/C9H10NOS/c1-7-3-5-8(6-4-7)10(2)9(11)12/h3-6H,1-2H3. The molecule has 0 saturated heterocycles. The lowest BCUT2D eigenvalue weighted by atomic mass is 10.2. The molecular formula is C9H10NOS. The van der Waals surface area contributed by atoms with Crippen LogP contribution in [0.1, 0.15) is 5.56 Å². The van der Waals surface area contributed by atoms with Crippen LogP contribution in [0.5, 0.6) is 0 Å². The number of hydrogen-bond donors (Lipinski definition) is 0. The molecule has 0 aliphatic heterocycles. The third kappa shape index (κ3) is 1.95. The molecule has 1 rings (SSSR count). The van der Waals surface area contributed by atoms with Crippen LogP contribution in [-0.2, 0) is 0 Å². The van der Waals surface area contributed by atoms with Crippen LogP contribution in [0.25, 0.3) is 0 Å². The molecule has 0 atom stereocenters. The van der Waals surface area contributed by atoms with Crippen molar-refractivity contribution in [2.75, 3.05) is 11.9 Å². The molecule has 1 radical (unpaired) electrons. The molecule has 0 fully saturated rings. The highest BCUT2D eigenvalue weighted by molar-refractivity contribution is 7.96. The Balaban J connectivity index is 2.89. The van der Waals surface area contributed by atoms with Gasteiger partial charge in [-0.3, -0.25) is 4.79 Å². The number of anilines is 1. The minimum Gasteiger partial charge on any atom is -0.303 e. The predicted molar refractivity (Wildman–Crippen MR) is 52.6 cm³/mol. The van der Waals surface area contributed by atoms with Gasteiger partial charge in [-0.15, -0.1) is 0 Å². The fourth-order valence-corrected chi connectivity index (χ4v) is 0.979. The minimum absolute atomic E-state index is 0.362. The van der Waals surface area contributed by atoms with E-state index in [1.54, 1.807) is 7.05 Å². The van der Waals surface area contributed by atoms with Crippen LogP contribution in [0.15, 0.2) is 24.3 Å². The Bertz CT molecular complexity index is 281. The van der Waals surface area contributed by atoms with Gasteiger partial charge in [0.1, 0.15) is 0 Å². The molecule has 0 aliphatic rings. The van der Waals surface area contributed by atoms with Gasteiger partial charge in [0.2, 0.25) is 0 Å². The van der Waals surface area contributed by atoms with Crippen molar-refractivity contribution in [3.05, 3.63) is 29.8 Å². The fourth-order valence-electron chi connectivity index (χ4n) is 0.874. The van der Waals surface area contributed by atoms with Crippen LogP contribution < -0.4 is 4.90 Å². The van der Waals surface area contributed by atoms with Gasteiger partial charge in [0.05, 0.1) is 0 Å². The number of rotatable bonds is 1. The van der Waals surface area contributed by atoms with Crippen molar-refractivity contribution in [3.8, 4) is 0 Å². The summed E-state index contributed by atoms with van der Waals surface area (Å²) < 4.78 is 0. The molecule has 1 aromatic rings. The first-order valence-corrected chi connectivity index (χ1v) is 4.03. The third-order valence-electron chi connectivity index (χ3n) is 1.70. The summed E-state index contributed by atoms with van der Waals surface area (Å²) in [7, 11) is 1.67. The second-order valence-electron chi connectivity index (χ2n) is 2.66. The number of amides is 1. The fraction of sp³-hybridized carbons (Fsp3) is 0.222. The molecule has 0 bridgehead atoms. The summed E-state index contributed by atoms with van der Waals surface area (Å²) in [6.07, 6.45) is 0. The zero-order chi connectivity index (χ0) is 9.14. The number of aryl methyl sites for hydroxylation is 1. The smallest absolute Gasteiger partial charge is 0.303 e. The van der Waals surface area contributed by atoms with Gasteiger partial charge in [0.25, 0.3) is 0 Å². The van der Waals surface area contributed by atoms with Crippen molar-refractivity contribution in [2.24, 2.45) is 0 Å². The average Bonchev–Trinajstić information content (AvgIpc) is 2.04. The summed E-state index contributed by atoms with van der Waals surface area (Å²) in [6, 6.07) is 7.65. The van der Waals surface area contributed by atoms with Gasteiger partial charge in [-0.05, 0) is 31.7 Å². The lowest BCUT2D eigenvalue weighted by Gasteiger charge is -2.12. The first-order chi connectivity index (χ1) is 5.61. The van der Waals surface area contributed by atoms with E-state index in [4.69, 9.17) is 0 Å². The molecular weight excluding hydrogens is 170 g/mol. The zero-order valence-corrected chi connectivity index (χ0v) is 7.89. The SMILES string of the molecule is Cc1ccc(N(C)C(=O)[S])cc1. The first kappa shape index (κ1) is 9.00. The van der Waals surface area contributed by atoms with E-state index in [0.29, 0.717) is 0 Å². The van der Waals surface area contributed by atoms with Crippen LogP contribution >= 0.6 is 12.6 Å². The Morgan fingerprint density at radius 1 is 1.33 bits per heavy atom. The van der Waals surface area contributed by atoms with Crippen molar-refractivity contribution in [3.63, 3.8) is 0 Å². The second kappa shape index (κ2) is 3.54. The maximum absolute atomic E-state index is 10.8. The summed E-state index contributed by atoms with van der Waals surface area (Å²) in [6.45, 7) is 2.00. The van der Waals surface area contributed by atoms with Crippen LogP contribution in [0.2, 0.25) is 0 Å². The quantitative estimate of drug-likeness (QED) is 0.650. The van der Waals surface area contributed by atoms with E-state index < -0.39 is 0 Å². The van der Waals surface area contributed by atoms with Crippen molar-refractivity contribution in [1.29, 1.82) is 0 Å². The van der Waals surface area contributed by atoms with Gasteiger partial charge in [-0.25, -0.2) is 0 Å². The van der Waals surface area contributed by atoms with Gasteiger partial charge >= 0.3 is 5.24 Å². The normalized spacial score (nSPS) is 9.50. The Kier molecular flexibility index (Phi) is 2.65. The molecule has 0 spiro atoms. The van der Waals surface area contributed by atoms with Gasteiger partial charge in [0, 0.05) is 12.7 Å². The van der Waals surface area contributed by atoms with Crippen LogP contribution in [0, 0.1) is 6.92 Å². The Hall–Kier alpha value is -1.09. The molecule has 0 saturated carbocycles. The Morgan fingerprint density at radius 2 is 1.83 bits per heavy atom. The molecule has 2 nitrogen and oxygen atoms in total. The Morgan fingerprint density at radius 3 is 2.25 bits per heavy atom. The molecule has 1 amide bonds. The summed E-state index contributed by atoms with van der Waals surface area (Å²) >= 11 is 4.50. The van der Waals surface area contributed by atoms with Gasteiger partial charge in [-0.1, -0.05) is 17.7 Å². The number of carbonyl (C=O) groups excluding carboxylic acids is 1. The molecule has 0 aliphatic carbocycles. The van der Waals surface area contributed by atoms with E-state index in [2.05, 4.69) is 12.6 Å². The summed E-state index contributed by atoms with van der Waals surface area (Å²) in [5.41, 5.74) is 2.00. The largest absolute Gasteiger partial charge is 0.317 e. The van der Waals surface area contributed by atoms with E-state index in [-0.39, 0.29) is 5.24 Å². The summed E-state index contributed by atoms with van der Waals surface area (Å²) in [4.78, 5) is 12.2. The molecule has 3 heteroatoms. The molecule has 12 heavy (non-hydrogen) atoms. The maximum atomic E-state index is 10.8. The van der Waals surface area contributed by atoms with E-state index in [0.717, 1.165) is 5.69 Å². The lowest BCUT2D eigenvalue weighted by Crippen LogP contribution is -2.19. The predicted octanol–water partition coefficient (Wildman–Crippen LogP) is 2.75. The van der Waals surface area contributed by atoms with Crippen LogP contribution in [0.4, 0.5) is 10.5 Å². The third-order valence-corrected chi connectivity index (χ3v) is 1.97. The van der Waals surface area contributed by atoms with Crippen LogP contribution in [0.3, 0.4) is 0 Å². The zero-order valence-electron chi connectivity index (χ0n) is 7.07. The van der Waals surface area contributed by atoms with E-state index in [9.17, 15) is 4.79 Å². The maximum Gasteiger partial charge on any atom is 0.317 e. The van der Waals surface area contributed by atoms with Gasteiger partial charge in [0.15, 0.2) is 0 Å². The lowest BCUT2D eigenvalue weighted by molar-refractivity contribution is 0.266. The molecule has 1 aromatic carbocycles. The van der Waals surface area contributed by atoms with Crippen molar-refractivity contribution in [1.82, 2.24) is 0 Å². The van der Waals surface area contributed by atoms with E-state index in [1.165, 1.54) is 10.5 Å². The first-order valence-electron chi connectivity index (χ1n) is 3.62. The Labute approximate surface area is 77.6 Å². The number of carbonyl (C=O) groups is 1. The van der Waals surface area contributed by atoms with Gasteiger partial charge in [-0.2, -0.15) is 0 Å².